The van der Waals surface area contributed by atoms with E-state index in [1.165, 1.54) is 44.9 Å². The molecule has 3 heteroatoms. The van der Waals surface area contributed by atoms with Crippen LogP contribution in [0.5, 0.6) is 0 Å². The highest BCUT2D eigenvalue weighted by Gasteiger charge is 2.16. The Balaban J connectivity index is 1.83. The molecule has 1 radical (unpaired) electrons. The molecule has 1 aromatic carbocycles. The lowest BCUT2D eigenvalue weighted by molar-refractivity contribution is -0.237. The summed E-state index contributed by atoms with van der Waals surface area (Å²) in [4.78, 5) is 22.8. The zero-order chi connectivity index (χ0) is 17.2. The number of carbonyl (C=O) groups excluding carboxylic acids is 1. The smallest absolute Gasteiger partial charge is 0.292 e. The minimum Gasteiger partial charge on any atom is -0.292 e. The van der Waals surface area contributed by atoms with E-state index in [1.807, 2.05) is 32.0 Å². The Kier molecular flexibility index (Phi) is 8.31. The Morgan fingerprint density at radius 1 is 0.750 bits per heavy atom. The van der Waals surface area contributed by atoms with Gasteiger partial charge in [0.1, 0.15) is 6.10 Å². The fourth-order valence-corrected chi connectivity index (χ4v) is 3.33. The summed E-state index contributed by atoms with van der Waals surface area (Å²) in [7, 11) is 0. The van der Waals surface area contributed by atoms with Crippen molar-refractivity contribution in [2.75, 3.05) is 0 Å². The second-order valence-corrected chi connectivity index (χ2v) is 7.05. The largest absolute Gasteiger partial charge is 0.373 e. The summed E-state index contributed by atoms with van der Waals surface area (Å²) in [6.07, 6.45) is 14.1. The van der Waals surface area contributed by atoms with Gasteiger partial charge in [-0.05, 0) is 38.8 Å². The number of carbonyl (C=O) groups is 1. The minimum absolute atomic E-state index is 0.402. The van der Waals surface area contributed by atoms with E-state index in [-0.39, 0.29) is 0 Å². The maximum Gasteiger partial charge on any atom is 0.373 e. The van der Waals surface area contributed by atoms with Crippen LogP contribution in [0.2, 0.25) is 0 Å². The number of rotatable bonds is 3. The van der Waals surface area contributed by atoms with Gasteiger partial charge in [-0.2, -0.15) is 4.89 Å². The van der Waals surface area contributed by atoms with Gasteiger partial charge in [0.15, 0.2) is 0 Å². The minimum atomic E-state index is -0.402. The molecule has 0 heterocycles. The zero-order valence-electron chi connectivity index (χ0n) is 15.2. The third-order valence-electron chi connectivity index (χ3n) is 4.60. The number of hydrogen-bond donors (Lipinski definition) is 0. The zero-order valence-corrected chi connectivity index (χ0v) is 15.2. The summed E-state index contributed by atoms with van der Waals surface area (Å²) in [5, 5.41) is 0. The fourth-order valence-electron chi connectivity index (χ4n) is 3.33. The van der Waals surface area contributed by atoms with Gasteiger partial charge in [0, 0.05) is 0 Å². The molecule has 1 aromatic rings. The highest BCUT2D eigenvalue weighted by molar-refractivity contribution is 5.89. The predicted octanol–water partition coefficient (Wildman–Crippen LogP) is 6.23. The molecule has 1 saturated carbocycles. The molecule has 0 saturated heterocycles. The molecule has 133 valence electrons. The van der Waals surface area contributed by atoms with Crippen LogP contribution in [-0.4, -0.2) is 5.97 Å². The second kappa shape index (κ2) is 10.5. The Morgan fingerprint density at radius 2 is 1.21 bits per heavy atom. The van der Waals surface area contributed by atoms with Crippen molar-refractivity contribution in [3.63, 3.8) is 0 Å². The van der Waals surface area contributed by atoms with Crippen LogP contribution in [0.25, 0.3) is 0 Å². The monoisotopic (exact) mass is 331 g/mol. The van der Waals surface area contributed by atoms with E-state index < -0.39 is 5.97 Å². The lowest BCUT2D eigenvalue weighted by atomic mass is 9.99. The highest BCUT2D eigenvalue weighted by atomic mass is 17.2. The summed E-state index contributed by atoms with van der Waals surface area (Å²) >= 11 is 0. The Morgan fingerprint density at radius 3 is 1.71 bits per heavy atom. The van der Waals surface area contributed by atoms with Gasteiger partial charge in [0.25, 0.3) is 0 Å². The van der Waals surface area contributed by atoms with Crippen LogP contribution in [0.1, 0.15) is 92.1 Å². The Hall–Kier alpha value is -1.35. The van der Waals surface area contributed by atoms with Crippen LogP contribution in [0.15, 0.2) is 18.2 Å². The average Bonchev–Trinajstić information content (AvgIpc) is 2.53. The maximum atomic E-state index is 12.2. The molecule has 0 amide bonds. The quantitative estimate of drug-likeness (QED) is 0.486. The summed E-state index contributed by atoms with van der Waals surface area (Å²) < 4.78 is 0. The molecular weight excluding hydrogens is 300 g/mol. The van der Waals surface area contributed by atoms with Crippen molar-refractivity contribution in [1.29, 1.82) is 0 Å². The molecule has 0 aliphatic heterocycles. The van der Waals surface area contributed by atoms with Gasteiger partial charge in [-0.15, -0.1) is 0 Å². The molecule has 1 aliphatic carbocycles. The maximum absolute atomic E-state index is 12.2. The normalized spacial score (nSPS) is 18.4. The third-order valence-corrected chi connectivity index (χ3v) is 4.60. The summed E-state index contributed by atoms with van der Waals surface area (Å²) in [6.45, 7) is 3.96. The van der Waals surface area contributed by atoms with Gasteiger partial charge in [0.2, 0.25) is 0 Å². The molecule has 0 aromatic heterocycles. The molecule has 1 fully saturated rings. The molecule has 0 N–H and O–H groups in total. The van der Waals surface area contributed by atoms with Gasteiger partial charge in [-0.3, -0.25) is 4.89 Å². The van der Waals surface area contributed by atoms with Crippen LogP contribution < -0.4 is 0 Å². The lowest BCUT2D eigenvalue weighted by Gasteiger charge is -2.16. The third kappa shape index (κ3) is 7.04. The second-order valence-electron chi connectivity index (χ2n) is 7.05. The molecule has 0 bridgehead atoms. The number of hydrogen-bond acceptors (Lipinski definition) is 3. The summed E-state index contributed by atoms with van der Waals surface area (Å²) in [6, 6.07) is 5.72. The van der Waals surface area contributed by atoms with E-state index in [4.69, 9.17) is 9.78 Å². The first-order chi connectivity index (χ1) is 11.6. The van der Waals surface area contributed by atoms with Crippen LogP contribution in [-0.2, 0) is 9.78 Å². The molecule has 0 atom stereocenters. The Bertz CT molecular complexity index is 478. The van der Waals surface area contributed by atoms with E-state index in [0.29, 0.717) is 5.56 Å². The molecule has 2 rings (SSSR count). The Labute approximate surface area is 146 Å². The van der Waals surface area contributed by atoms with Crippen LogP contribution in [0.4, 0.5) is 0 Å². The van der Waals surface area contributed by atoms with Gasteiger partial charge >= 0.3 is 5.97 Å². The van der Waals surface area contributed by atoms with E-state index in [0.717, 1.165) is 42.9 Å². The highest BCUT2D eigenvalue weighted by Crippen LogP contribution is 2.24. The van der Waals surface area contributed by atoms with Crippen molar-refractivity contribution in [3.8, 4) is 0 Å². The van der Waals surface area contributed by atoms with Crippen molar-refractivity contribution in [3.05, 3.63) is 41.0 Å². The van der Waals surface area contributed by atoms with E-state index in [1.54, 1.807) is 0 Å². The number of benzene rings is 1. The topological polar surface area (TPSA) is 35.5 Å². The number of aryl methyl sites for hydroxylation is 2. The molecular formula is C21H31O3. The molecule has 24 heavy (non-hydrogen) atoms. The van der Waals surface area contributed by atoms with Gasteiger partial charge < -0.3 is 0 Å². The van der Waals surface area contributed by atoms with E-state index in [9.17, 15) is 4.79 Å². The first-order valence-corrected chi connectivity index (χ1v) is 9.47. The van der Waals surface area contributed by atoms with Crippen LogP contribution in [0, 0.1) is 20.0 Å². The first-order valence-electron chi connectivity index (χ1n) is 9.47. The molecule has 0 unspecified atom stereocenters. The predicted molar refractivity (Wildman–Crippen MR) is 96.4 cm³/mol. The molecule has 0 spiro atoms. The van der Waals surface area contributed by atoms with Gasteiger partial charge in [-0.1, -0.05) is 75.0 Å². The van der Waals surface area contributed by atoms with Gasteiger partial charge in [0.05, 0.1) is 5.56 Å². The molecule has 3 nitrogen and oxygen atoms in total. The van der Waals surface area contributed by atoms with Crippen molar-refractivity contribution in [2.45, 2.75) is 84.5 Å². The van der Waals surface area contributed by atoms with Crippen LogP contribution >= 0.6 is 0 Å². The van der Waals surface area contributed by atoms with Crippen molar-refractivity contribution in [1.82, 2.24) is 0 Å². The van der Waals surface area contributed by atoms with Crippen molar-refractivity contribution < 1.29 is 14.6 Å². The van der Waals surface area contributed by atoms with E-state index in [2.05, 4.69) is 0 Å². The first kappa shape index (κ1) is 19.0. The van der Waals surface area contributed by atoms with Crippen molar-refractivity contribution in [2.24, 2.45) is 0 Å². The lowest BCUT2D eigenvalue weighted by Crippen LogP contribution is -2.11. The average molecular weight is 331 g/mol. The van der Waals surface area contributed by atoms with E-state index >= 15 is 0 Å². The van der Waals surface area contributed by atoms with Crippen molar-refractivity contribution >= 4 is 5.97 Å². The van der Waals surface area contributed by atoms with Gasteiger partial charge in [-0.25, -0.2) is 4.79 Å². The molecule has 1 aliphatic rings. The standard InChI is InChI=1S/C21H31O3/c1-17-14-18(2)16-19(15-17)21(22)24-23-20-12-10-8-6-4-3-5-7-9-11-13-20/h14-16H,3-13H2,1-2H3. The van der Waals surface area contributed by atoms with Crippen LogP contribution in [0.3, 0.4) is 0 Å². The fraction of sp³-hybridized carbons (Fsp3) is 0.619. The summed E-state index contributed by atoms with van der Waals surface area (Å²) in [5.41, 5.74) is 2.67. The summed E-state index contributed by atoms with van der Waals surface area (Å²) in [5.74, 6) is -0.402. The SMILES string of the molecule is Cc1cc(C)cc(C(=O)OO[C]2CCCCCCCCCCC2)c1.